The summed E-state index contributed by atoms with van der Waals surface area (Å²) < 4.78 is 6.20. The van der Waals surface area contributed by atoms with E-state index in [1.807, 2.05) is 29.2 Å². The number of para-hydroxylation sites is 2. The summed E-state index contributed by atoms with van der Waals surface area (Å²) in [7, 11) is 0. The van der Waals surface area contributed by atoms with Crippen LogP contribution in [0.15, 0.2) is 24.3 Å². The first-order valence-electron chi connectivity index (χ1n) is 13.1. The first kappa shape index (κ1) is 23.6. The van der Waals surface area contributed by atoms with Gasteiger partial charge in [0, 0.05) is 24.7 Å². The molecule has 3 unspecified atom stereocenters. The average Bonchev–Trinajstić information content (AvgIpc) is 2.77. The molecule has 2 fully saturated rings. The molecule has 178 valence electrons. The third-order valence-corrected chi connectivity index (χ3v) is 8.01. The number of piperidine rings is 1. The third kappa shape index (κ3) is 5.66. The van der Waals surface area contributed by atoms with Crippen LogP contribution in [0.4, 0.5) is 5.69 Å². The molecule has 1 aromatic rings. The van der Waals surface area contributed by atoms with Crippen molar-refractivity contribution in [2.75, 3.05) is 18.0 Å². The van der Waals surface area contributed by atoms with Crippen LogP contribution in [0.2, 0.25) is 0 Å². The fourth-order valence-electron chi connectivity index (χ4n) is 6.16. The lowest BCUT2D eigenvalue weighted by Crippen LogP contribution is -2.47. The highest BCUT2D eigenvalue weighted by Crippen LogP contribution is 2.37. The molecule has 1 amide bonds. The zero-order valence-corrected chi connectivity index (χ0v) is 20.2. The van der Waals surface area contributed by atoms with Gasteiger partial charge in [-0.1, -0.05) is 37.8 Å². The summed E-state index contributed by atoms with van der Waals surface area (Å²) in [5.74, 6) is 1.49. The Labute approximate surface area is 194 Å². The number of carbonyl (C=O) groups excluding carboxylic acids is 1. The molecule has 5 heteroatoms. The van der Waals surface area contributed by atoms with Gasteiger partial charge in [0.1, 0.15) is 5.75 Å². The molecule has 4 rings (SSSR count). The van der Waals surface area contributed by atoms with Crippen molar-refractivity contribution >= 4 is 11.6 Å². The molecule has 0 radical (unpaired) electrons. The average molecular weight is 442 g/mol. The zero-order chi connectivity index (χ0) is 22.5. The molecular weight excluding hydrogens is 398 g/mol. The fourth-order valence-corrected chi connectivity index (χ4v) is 6.16. The van der Waals surface area contributed by atoms with Gasteiger partial charge in [0.15, 0.2) is 6.10 Å². The van der Waals surface area contributed by atoms with Crippen molar-refractivity contribution in [1.82, 2.24) is 4.90 Å². The van der Waals surface area contributed by atoms with E-state index >= 15 is 0 Å². The molecule has 5 nitrogen and oxygen atoms in total. The SMILES string of the molecule is C[C@@H]1CCC[C@H](C)N1CCCCCN1C(=O)C(CC2CCCC(N)C2)Oc2ccccc21. The van der Waals surface area contributed by atoms with Gasteiger partial charge in [-0.3, -0.25) is 9.69 Å². The molecule has 5 atom stereocenters. The number of hydrogen-bond acceptors (Lipinski definition) is 4. The van der Waals surface area contributed by atoms with Gasteiger partial charge in [-0.2, -0.15) is 0 Å². The number of rotatable bonds is 8. The van der Waals surface area contributed by atoms with E-state index < -0.39 is 0 Å². The Hall–Kier alpha value is -1.59. The normalized spacial score (nSPS) is 31.3. The molecule has 32 heavy (non-hydrogen) atoms. The van der Waals surface area contributed by atoms with Gasteiger partial charge in [-0.25, -0.2) is 0 Å². The Morgan fingerprint density at radius 2 is 1.69 bits per heavy atom. The van der Waals surface area contributed by atoms with E-state index in [1.54, 1.807) is 0 Å². The van der Waals surface area contributed by atoms with E-state index in [-0.39, 0.29) is 18.1 Å². The Balaban J connectivity index is 1.31. The highest BCUT2D eigenvalue weighted by atomic mass is 16.5. The standard InChI is InChI=1S/C27H43N3O2/c1-20-10-8-11-21(2)29(20)16-6-3-7-17-30-24-14-4-5-15-25(24)32-26(27(30)31)19-22-12-9-13-23(28)18-22/h4-5,14-15,20-23,26H,3,6-13,16-19,28H2,1-2H3/t20-,21+,22?,23?,26?. The topological polar surface area (TPSA) is 58.8 Å². The fraction of sp³-hybridized carbons (Fsp3) is 0.741. The van der Waals surface area contributed by atoms with Crippen molar-refractivity contribution in [3.05, 3.63) is 24.3 Å². The number of carbonyl (C=O) groups is 1. The Bertz CT molecular complexity index is 744. The number of anilines is 1. The Kier molecular flexibility index (Phi) is 8.12. The number of benzene rings is 1. The van der Waals surface area contributed by atoms with E-state index in [4.69, 9.17) is 10.5 Å². The Morgan fingerprint density at radius 1 is 0.969 bits per heavy atom. The van der Waals surface area contributed by atoms with Crippen LogP contribution in [0.1, 0.15) is 84.5 Å². The van der Waals surface area contributed by atoms with E-state index in [1.165, 1.54) is 38.6 Å². The smallest absolute Gasteiger partial charge is 0.268 e. The number of hydrogen-bond donors (Lipinski definition) is 1. The summed E-state index contributed by atoms with van der Waals surface area (Å²) in [5.41, 5.74) is 7.13. The van der Waals surface area contributed by atoms with Crippen LogP contribution in [0.25, 0.3) is 0 Å². The second-order valence-corrected chi connectivity index (χ2v) is 10.5. The van der Waals surface area contributed by atoms with E-state index in [0.717, 1.165) is 56.5 Å². The molecule has 2 aliphatic heterocycles. The molecule has 1 saturated heterocycles. The van der Waals surface area contributed by atoms with Gasteiger partial charge < -0.3 is 15.4 Å². The van der Waals surface area contributed by atoms with Crippen molar-refractivity contribution in [3.63, 3.8) is 0 Å². The van der Waals surface area contributed by atoms with Crippen LogP contribution in [0.3, 0.4) is 0 Å². The molecular formula is C27H43N3O2. The molecule has 3 aliphatic rings. The largest absolute Gasteiger partial charge is 0.478 e. The summed E-state index contributed by atoms with van der Waals surface area (Å²) in [6.45, 7) is 6.71. The number of fused-ring (bicyclic) bond motifs is 1. The van der Waals surface area contributed by atoms with Crippen LogP contribution >= 0.6 is 0 Å². The molecule has 2 N–H and O–H groups in total. The third-order valence-electron chi connectivity index (χ3n) is 8.01. The summed E-state index contributed by atoms with van der Waals surface area (Å²) in [6.07, 6.45) is 12.3. The van der Waals surface area contributed by atoms with E-state index in [2.05, 4.69) is 18.7 Å². The predicted octanol–water partition coefficient (Wildman–Crippen LogP) is 5.12. The minimum atomic E-state index is -0.366. The molecule has 0 bridgehead atoms. The zero-order valence-electron chi connectivity index (χ0n) is 20.2. The van der Waals surface area contributed by atoms with Crippen LogP contribution in [-0.4, -0.2) is 48.1 Å². The number of ether oxygens (including phenoxy) is 1. The highest BCUT2D eigenvalue weighted by molar-refractivity contribution is 6.00. The molecule has 0 spiro atoms. The summed E-state index contributed by atoms with van der Waals surface area (Å²) in [5, 5.41) is 0. The van der Waals surface area contributed by atoms with Crippen LogP contribution in [0.5, 0.6) is 5.75 Å². The predicted molar refractivity (Wildman–Crippen MR) is 131 cm³/mol. The number of nitrogens with two attached hydrogens (primary N) is 1. The molecule has 1 saturated carbocycles. The van der Waals surface area contributed by atoms with Gasteiger partial charge in [0.2, 0.25) is 0 Å². The molecule has 0 aromatic heterocycles. The van der Waals surface area contributed by atoms with Crippen LogP contribution in [-0.2, 0) is 4.79 Å². The molecule has 1 aliphatic carbocycles. The van der Waals surface area contributed by atoms with Crippen LogP contribution < -0.4 is 15.4 Å². The van der Waals surface area contributed by atoms with Crippen molar-refractivity contribution in [1.29, 1.82) is 0 Å². The second-order valence-electron chi connectivity index (χ2n) is 10.5. The van der Waals surface area contributed by atoms with Crippen molar-refractivity contribution < 1.29 is 9.53 Å². The van der Waals surface area contributed by atoms with Gasteiger partial charge in [0.05, 0.1) is 5.69 Å². The van der Waals surface area contributed by atoms with Crippen molar-refractivity contribution in [2.24, 2.45) is 11.7 Å². The van der Waals surface area contributed by atoms with Crippen molar-refractivity contribution in [3.8, 4) is 5.75 Å². The first-order valence-corrected chi connectivity index (χ1v) is 13.1. The van der Waals surface area contributed by atoms with Crippen LogP contribution in [0, 0.1) is 5.92 Å². The lowest BCUT2D eigenvalue weighted by molar-refractivity contribution is -0.127. The van der Waals surface area contributed by atoms with Crippen molar-refractivity contribution in [2.45, 2.75) is 109 Å². The van der Waals surface area contributed by atoms with Gasteiger partial charge in [-0.15, -0.1) is 0 Å². The van der Waals surface area contributed by atoms with Gasteiger partial charge in [0.25, 0.3) is 5.91 Å². The maximum absolute atomic E-state index is 13.4. The van der Waals surface area contributed by atoms with Gasteiger partial charge >= 0.3 is 0 Å². The van der Waals surface area contributed by atoms with E-state index in [9.17, 15) is 4.79 Å². The summed E-state index contributed by atoms with van der Waals surface area (Å²) in [6, 6.07) is 9.73. The monoisotopic (exact) mass is 441 g/mol. The quantitative estimate of drug-likeness (QED) is 0.569. The first-order chi connectivity index (χ1) is 15.5. The minimum Gasteiger partial charge on any atom is -0.478 e. The maximum atomic E-state index is 13.4. The lowest BCUT2D eigenvalue weighted by atomic mass is 9.82. The Morgan fingerprint density at radius 3 is 2.47 bits per heavy atom. The maximum Gasteiger partial charge on any atom is 0.268 e. The number of amides is 1. The molecule has 2 heterocycles. The highest BCUT2D eigenvalue weighted by Gasteiger charge is 2.36. The number of unbranched alkanes of at least 4 members (excludes halogenated alkanes) is 2. The minimum absolute atomic E-state index is 0.140. The summed E-state index contributed by atoms with van der Waals surface area (Å²) >= 11 is 0. The molecule has 1 aromatic carbocycles. The lowest BCUT2D eigenvalue weighted by Gasteiger charge is -2.39. The number of likely N-dealkylation sites (tertiary alicyclic amines) is 1. The second kappa shape index (κ2) is 11.0. The summed E-state index contributed by atoms with van der Waals surface area (Å²) in [4.78, 5) is 18.1. The van der Waals surface area contributed by atoms with Gasteiger partial charge in [-0.05, 0) is 83.4 Å². The number of nitrogens with zero attached hydrogens (tertiary/aromatic N) is 2. The van der Waals surface area contributed by atoms with E-state index in [0.29, 0.717) is 18.0 Å².